The highest BCUT2D eigenvalue weighted by molar-refractivity contribution is 6.31. The van der Waals surface area contributed by atoms with Gasteiger partial charge in [-0.05, 0) is 38.1 Å². The SMILES string of the molecule is CCOc1ccccc1-c1nc(C=C2C(C)=Nc3ccccc32)c(O)o1. The van der Waals surface area contributed by atoms with Crippen molar-refractivity contribution in [2.45, 2.75) is 13.8 Å². The van der Waals surface area contributed by atoms with Gasteiger partial charge in [0.1, 0.15) is 11.4 Å². The number of allylic oxidation sites excluding steroid dienone is 1. The van der Waals surface area contributed by atoms with Crippen molar-refractivity contribution in [3.05, 3.63) is 59.8 Å². The van der Waals surface area contributed by atoms with E-state index in [-0.39, 0.29) is 5.95 Å². The first kappa shape index (κ1) is 16.1. The lowest BCUT2D eigenvalue weighted by molar-refractivity contribution is 0.329. The van der Waals surface area contributed by atoms with Crippen molar-refractivity contribution in [3.8, 4) is 23.1 Å². The van der Waals surface area contributed by atoms with Gasteiger partial charge < -0.3 is 14.3 Å². The molecule has 1 aliphatic rings. The van der Waals surface area contributed by atoms with Gasteiger partial charge in [-0.25, -0.2) is 4.98 Å². The second kappa shape index (κ2) is 6.52. The summed E-state index contributed by atoms with van der Waals surface area (Å²) in [5.41, 5.74) is 4.81. The molecule has 0 saturated carbocycles. The molecule has 130 valence electrons. The monoisotopic (exact) mass is 346 g/mol. The van der Waals surface area contributed by atoms with Crippen molar-refractivity contribution in [1.29, 1.82) is 0 Å². The molecule has 4 rings (SSSR count). The minimum atomic E-state index is -0.226. The average molecular weight is 346 g/mol. The van der Waals surface area contributed by atoms with E-state index in [4.69, 9.17) is 9.15 Å². The number of aliphatic imine (C=N–C) groups is 1. The zero-order valence-electron chi connectivity index (χ0n) is 14.6. The number of aromatic hydroxyl groups is 1. The Balaban J connectivity index is 1.76. The Morgan fingerprint density at radius 2 is 1.81 bits per heavy atom. The Bertz CT molecular complexity index is 1030. The maximum absolute atomic E-state index is 10.3. The van der Waals surface area contributed by atoms with Crippen LogP contribution < -0.4 is 4.74 Å². The summed E-state index contributed by atoms with van der Waals surface area (Å²) in [4.78, 5) is 9.02. The largest absolute Gasteiger partial charge is 0.493 e. The van der Waals surface area contributed by atoms with Crippen molar-refractivity contribution in [2.75, 3.05) is 6.61 Å². The summed E-state index contributed by atoms with van der Waals surface area (Å²) < 4.78 is 11.1. The van der Waals surface area contributed by atoms with Gasteiger partial charge >= 0.3 is 5.95 Å². The molecule has 2 heterocycles. The van der Waals surface area contributed by atoms with Gasteiger partial charge in [-0.2, -0.15) is 0 Å². The van der Waals surface area contributed by atoms with E-state index >= 15 is 0 Å². The minimum absolute atomic E-state index is 0.226. The van der Waals surface area contributed by atoms with E-state index < -0.39 is 0 Å². The van der Waals surface area contributed by atoms with E-state index in [2.05, 4.69) is 9.98 Å². The third-order valence-electron chi connectivity index (χ3n) is 4.20. The molecule has 0 spiro atoms. The minimum Gasteiger partial charge on any atom is -0.493 e. The van der Waals surface area contributed by atoms with Crippen LogP contribution >= 0.6 is 0 Å². The number of rotatable bonds is 4. The fourth-order valence-electron chi connectivity index (χ4n) is 3.01. The zero-order valence-corrected chi connectivity index (χ0v) is 14.6. The second-order valence-electron chi connectivity index (χ2n) is 5.91. The Kier molecular flexibility index (Phi) is 4.05. The highest BCUT2D eigenvalue weighted by atomic mass is 16.5. The molecule has 1 aromatic heterocycles. The van der Waals surface area contributed by atoms with Crippen LogP contribution in [0.3, 0.4) is 0 Å². The summed E-state index contributed by atoms with van der Waals surface area (Å²) in [5, 5.41) is 10.3. The smallest absolute Gasteiger partial charge is 0.310 e. The molecule has 26 heavy (non-hydrogen) atoms. The number of aromatic nitrogens is 1. The number of ether oxygens (including phenoxy) is 1. The number of para-hydroxylation sites is 2. The van der Waals surface area contributed by atoms with E-state index in [1.807, 2.05) is 62.4 Å². The van der Waals surface area contributed by atoms with Crippen LogP contribution in [0.4, 0.5) is 5.69 Å². The Morgan fingerprint density at radius 3 is 2.62 bits per heavy atom. The Labute approximate surface area is 151 Å². The third-order valence-corrected chi connectivity index (χ3v) is 4.20. The van der Waals surface area contributed by atoms with Gasteiger partial charge in [0.15, 0.2) is 0 Å². The molecule has 0 amide bonds. The van der Waals surface area contributed by atoms with Gasteiger partial charge in [-0.3, -0.25) is 4.99 Å². The van der Waals surface area contributed by atoms with E-state index in [0.717, 1.165) is 22.5 Å². The van der Waals surface area contributed by atoms with Crippen molar-refractivity contribution in [3.63, 3.8) is 0 Å². The quantitative estimate of drug-likeness (QED) is 0.714. The van der Waals surface area contributed by atoms with Crippen LogP contribution in [0.25, 0.3) is 23.1 Å². The van der Waals surface area contributed by atoms with Crippen LogP contribution in [0, 0.1) is 0 Å². The average Bonchev–Trinajstić information content (AvgIpc) is 3.16. The lowest BCUT2D eigenvalue weighted by Crippen LogP contribution is -1.94. The van der Waals surface area contributed by atoms with Gasteiger partial charge in [-0.15, -0.1) is 0 Å². The molecule has 1 aliphatic heterocycles. The van der Waals surface area contributed by atoms with Gasteiger partial charge in [0, 0.05) is 16.8 Å². The number of hydrogen-bond acceptors (Lipinski definition) is 5. The molecule has 0 unspecified atom stereocenters. The van der Waals surface area contributed by atoms with Crippen LogP contribution in [0.1, 0.15) is 25.1 Å². The van der Waals surface area contributed by atoms with Crippen molar-refractivity contribution in [1.82, 2.24) is 4.98 Å². The summed E-state index contributed by atoms with van der Waals surface area (Å²) in [6.07, 6.45) is 1.80. The fourth-order valence-corrected chi connectivity index (χ4v) is 3.01. The molecule has 0 bridgehead atoms. The van der Waals surface area contributed by atoms with Crippen LogP contribution in [0.5, 0.6) is 11.7 Å². The topological polar surface area (TPSA) is 67.9 Å². The predicted octanol–water partition coefficient (Wildman–Crippen LogP) is 5.09. The fraction of sp³-hybridized carbons (Fsp3) is 0.143. The van der Waals surface area contributed by atoms with Gasteiger partial charge in [-0.1, -0.05) is 30.3 Å². The standard InChI is InChI=1S/C21H18N2O3/c1-3-25-19-11-7-5-9-15(19)20-23-18(21(24)26-20)12-16-13(2)22-17-10-6-4-8-14(16)17/h4-12,24H,3H2,1-2H3. The first-order chi connectivity index (χ1) is 12.7. The number of oxazole rings is 1. The first-order valence-corrected chi connectivity index (χ1v) is 8.46. The predicted molar refractivity (Wildman–Crippen MR) is 102 cm³/mol. The van der Waals surface area contributed by atoms with Gasteiger partial charge in [0.25, 0.3) is 0 Å². The zero-order chi connectivity index (χ0) is 18.1. The normalized spacial score (nSPS) is 14.4. The summed E-state index contributed by atoms with van der Waals surface area (Å²) in [7, 11) is 0. The number of benzene rings is 2. The molecule has 0 fully saturated rings. The Morgan fingerprint density at radius 1 is 1.08 bits per heavy atom. The maximum atomic E-state index is 10.3. The summed E-state index contributed by atoms with van der Waals surface area (Å²) in [6.45, 7) is 4.39. The third kappa shape index (κ3) is 2.77. The van der Waals surface area contributed by atoms with Crippen LogP contribution in [-0.4, -0.2) is 22.4 Å². The van der Waals surface area contributed by atoms with Gasteiger partial charge in [0.05, 0.1) is 17.9 Å². The molecule has 0 atom stereocenters. The van der Waals surface area contributed by atoms with E-state index in [0.29, 0.717) is 29.5 Å². The summed E-state index contributed by atoms with van der Waals surface area (Å²) >= 11 is 0. The molecule has 1 N–H and O–H groups in total. The first-order valence-electron chi connectivity index (χ1n) is 8.46. The van der Waals surface area contributed by atoms with Crippen molar-refractivity contribution >= 4 is 23.0 Å². The number of nitrogens with zero attached hydrogens (tertiary/aromatic N) is 2. The summed E-state index contributed by atoms with van der Waals surface area (Å²) in [5.74, 6) is 0.759. The molecule has 3 aromatic rings. The Hall–Kier alpha value is -3.34. The van der Waals surface area contributed by atoms with Crippen LogP contribution in [0.15, 0.2) is 57.9 Å². The highest BCUT2D eigenvalue weighted by Crippen LogP contribution is 2.38. The van der Waals surface area contributed by atoms with E-state index in [9.17, 15) is 5.11 Å². The van der Waals surface area contributed by atoms with E-state index in [1.54, 1.807) is 6.08 Å². The maximum Gasteiger partial charge on any atom is 0.310 e. The molecule has 2 aromatic carbocycles. The highest BCUT2D eigenvalue weighted by Gasteiger charge is 2.21. The molecule has 0 radical (unpaired) electrons. The van der Waals surface area contributed by atoms with Crippen molar-refractivity contribution in [2.24, 2.45) is 4.99 Å². The molecule has 5 heteroatoms. The van der Waals surface area contributed by atoms with Crippen LogP contribution in [0.2, 0.25) is 0 Å². The molecular weight excluding hydrogens is 328 g/mol. The number of hydrogen-bond donors (Lipinski definition) is 1. The lowest BCUT2D eigenvalue weighted by Gasteiger charge is -2.06. The molecular formula is C21H18N2O3. The van der Waals surface area contributed by atoms with Gasteiger partial charge in [0.2, 0.25) is 5.89 Å². The molecule has 0 saturated heterocycles. The van der Waals surface area contributed by atoms with E-state index in [1.165, 1.54) is 0 Å². The summed E-state index contributed by atoms with van der Waals surface area (Å²) in [6, 6.07) is 15.3. The lowest BCUT2D eigenvalue weighted by atomic mass is 10.0. The number of fused-ring (bicyclic) bond motifs is 1. The second-order valence-corrected chi connectivity index (χ2v) is 5.91. The van der Waals surface area contributed by atoms with Crippen LogP contribution in [-0.2, 0) is 0 Å². The molecule has 0 aliphatic carbocycles. The molecule has 5 nitrogen and oxygen atoms in total. The van der Waals surface area contributed by atoms with Crippen molar-refractivity contribution < 1.29 is 14.3 Å².